The van der Waals surface area contributed by atoms with Crippen molar-refractivity contribution in [3.05, 3.63) is 47.3 Å². The van der Waals surface area contributed by atoms with Crippen LogP contribution in [0.2, 0.25) is 0 Å². The molecule has 0 bridgehead atoms. The van der Waals surface area contributed by atoms with Crippen molar-refractivity contribution in [2.24, 2.45) is 0 Å². The van der Waals surface area contributed by atoms with Gasteiger partial charge in [-0.2, -0.15) is 11.8 Å². The summed E-state index contributed by atoms with van der Waals surface area (Å²) < 4.78 is 16.0. The van der Waals surface area contributed by atoms with Gasteiger partial charge in [0, 0.05) is 25.2 Å². The molecule has 32 heavy (non-hydrogen) atoms. The quantitative estimate of drug-likeness (QED) is 0.143. The number of hydrogen-bond acceptors (Lipinski definition) is 7. The average Bonchev–Trinajstić information content (AvgIpc) is 2.80. The van der Waals surface area contributed by atoms with E-state index in [2.05, 4.69) is 18.4 Å². The fraction of sp³-hybridized carbons (Fsp3) is 0.520. The van der Waals surface area contributed by atoms with Crippen LogP contribution in [0.5, 0.6) is 5.75 Å². The van der Waals surface area contributed by atoms with Crippen molar-refractivity contribution >= 4 is 34.4 Å². The van der Waals surface area contributed by atoms with Crippen LogP contribution in [-0.2, 0) is 9.53 Å². The summed E-state index contributed by atoms with van der Waals surface area (Å²) in [5.74, 6) is 2.52. The van der Waals surface area contributed by atoms with E-state index in [4.69, 9.17) is 13.9 Å². The van der Waals surface area contributed by atoms with Gasteiger partial charge in [0.1, 0.15) is 11.3 Å². The third kappa shape index (κ3) is 8.26. The lowest BCUT2D eigenvalue weighted by Crippen LogP contribution is -2.27. The zero-order chi connectivity index (χ0) is 23.2. The maximum absolute atomic E-state index is 12.2. The lowest BCUT2D eigenvalue weighted by molar-refractivity contribution is -0.137. The molecule has 6 nitrogen and oxygen atoms in total. The first-order valence-electron chi connectivity index (χ1n) is 11.3. The molecule has 0 saturated carbocycles. The molecule has 0 fully saturated rings. The number of unbranched alkanes of at least 4 members (excludes halogenated alkanes) is 3. The number of methoxy groups -OCH3 is 1. The van der Waals surface area contributed by atoms with Gasteiger partial charge in [-0.15, -0.1) is 0 Å². The van der Waals surface area contributed by atoms with Crippen LogP contribution >= 0.6 is 11.8 Å². The van der Waals surface area contributed by atoms with Gasteiger partial charge in [-0.25, -0.2) is 9.59 Å². The van der Waals surface area contributed by atoms with Crippen LogP contribution in [-0.4, -0.2) is 44.3 Å². The third-order valence-corrected chi connectivity index (χ3v) is 6.27. The van der Waals surface area contributed by atoms with Crippen molar-refractivity contribution in [2.75, 3.05) is 43.2 Å². The molecule has 0 spiro atoms. The number of rotatable bonds is 16. The predicted molar refractivity (Wildman–Crippen MR) is 133 cm³/mol. The van der Waals surface area contributed by atoms with Gasteiger partial charge < -0.3 is 18.8 Å². The minimum atomic E-state index is -0.355. The first kappa shape index (κ1) is 25.8. The molecule has 1 heterocycles. The fourth-order valence-electron chi connectivity index (χ4n) is 3.44. The van der Waals surface area contributed by atoms with Gasteiger partial charge in [-0.1, -0.05) is 26.0 Å². The van der Waals surface area contributed by atoms with E-state index < -0.39 is 0 Å². The number of carbonyl (C=O) groups excluding carboxylic acids is 1. The molecule has 0 radical (unpaired) electrons. The van der Waals surface area contributed by atoms with Crippen molar-refractivity contribution in [3.8, 4) is 5.75 Å². The molecule has 1 aromatic carbocycles. The molecular formula is C25H35NO5S. The number of nitrogens with zero attached hydrogens (tertiary/aromatic N) is 1. The van der Waals surface area contributed by atoms with Crippen LogP contribution in [0.4, 0.5) is 5.69 Å². The summed E-state index contributed by atoms with van der Waals surface area (Å²) in [4.78, 5) is 25.5. The van der Waals surface area contributed by atoms with Gasteiger partial charge in [0.15, 0.2) is 0 Å². The number of hydrogen-bond donors (Lipinski definition) is 0. The minimum absolute atomic E-state index is 0.337. The van der Waals surface area contributed by atoms with E-state index in [0.717, 1.165) is 79.9 Å². The summed E-state index contributed by atoms with van der Waals surface area (Å²) in [5.41, 5.74) is 1.11. The number of carbonyl (C=O) groups is 1. The fourth-order valence-corrected chi connectivity index (χ4v) is 4.46. The molecule has 0 N–H and O–H groups in total. The SMILES string of the molecule is C=CC(=O)OCCCCSCCCCN(CCCC)c1cc(=O)oc2cccc(OC)c12. The largest absolute Gasteiger partial charge is 0.496 e. The Kier molecular flexibility index (Phi) is 11.8. The zero-order valence-electron chi connectivity index (χ0n) is 19.3. The number of esters is 1. The smallest absolute Gasteiger partial charge is 0.338 e. The number of fused-ring (bicyclic) bond motifs is 1. The predicted octanol–water partition coefficient (Wildman–Crippen LogP) is 5.43. The monoisotopic (exact) mass is 461 g/mol. The summed E-state index contributed by atoms with van der Waals surface area (Å²) in [6.07, 6.45) is 7.40. The first-order chi connectivity index (χ1) is 15.6. The molecule has 0 aliphatic carbocycles. The Morgan fingerprint density at radius 2 is 1.91 bits per heavy atom. The van der Waals surface area contributed by atoms with Crippen molar-refractivity contribution in [2.45, 2.75) is 45.4 Å². The van der Waals surface area contributed by atoms with E-state index in [0.29, 0.717) is 12.2 Å². The molecule has 1 aromatic heterocycles. The Morgan fingerprint density at radius 3 is 2.62 bits per heavy atom. The van der Waals surface area contributed by atoms with E-state index in [1.54, 1.807) is 13.2 Å². The maximum atomic E-state index is 12.2. The highest BCUT2D eigenvalue weighted by Crippen LogP contribution is 2.33. The number of ether oxygens (including phenoxy) is 2. The lowest BCUT2D eigenvalue weighted by atomic mass is 10.1. The summed E-state index contributed by atoms with van der Waals surface area (Å²) in [6.45, 7) is 7.79. The second kappa shape index (κ2) is 14.6. The number of benzene rings is 1. The van der Waals surface area contributed by atoms with Crippen LogP contribution in [0.25, 0.3) is 11.0 Å². The van der Waals surface area contributed by atoms with Crippen LogP contribution < -0.4 is 15.3 Å². The van der Waals surface area contributed by atoms with Gasteiger partial charge in [0.2, 0.25) is 0 Å². The second-order valence-electron chi connectivity index (χ2n) is 7.52. The van der Waals surface area contributed by atoms with Gasteiger partial charge >= 0.3 is 11.6 Å². The zero-order valence-corrected chi connectivity index (χ0v) is 20.1. The average molecular weight is 462 g/mol. The molecule has 0 atom stereocenters. The molecule has 176 valence electrons. The highest BCUT2D eigenvalue weighted by molar-refractivity contribution is 7.99. The molecule has 0 aliphatic heterocycles. The number of thioether (sulfide) groups is 1. The first-order valence-corrected chi connectivity index (χ1v) is 12.5. The van der Waals surface area contributed by atoms with E-state index in [1.807, 2.05) is 30.0 Å². The van der Waals surface area contributed by atoms with E-state index >= 15 is 0 Å². The van der Waals surface area contributed by atoms with Gasteiger partial charge in [0.05, 0.1) is 24.8 Å². The second-order valence-corrected chi connectivity index (χ2v) is 8.75. The van der Waals surface area contributed by atoms with Crippen LogP contribution in [0.15, 0.2) is 46.1 Å². The summed E-state index contributed by atoms with van der Waals surface area (Å²) >= 11 is 1.93. The van der Waals surface area contributed by atoms with Crippen molar-refractivity contribution < 1.29 is 18.7 Å². The van der Waals surface area contributed by atoms with Crippen LogP contribution in [0.1, 0.15) is 45.4 Å². The van der Waals surface area contributed by atoms with Crippen molar-refractivity contribution in [1.82, 2.24) is 0 Å². The number of anilines is 1. The lowest BCUT2D eigenvalue weighted by Gasteiger charge is -2.26. The molecule has 0 saturated heterocycles. The van der Waals surface area contributed by atoms with Crippen LogP contribution in [0, 0.1) is 0 Å². The summed E-state index contributed by atoms with van der Waals surface area (Å²) in [6, 6.07) is 7.15. The van der Waals surface area contributed by atoms with E-state index in [-0.39, 0.29) is 11.6 Å². The van der Waals surface area contributed by atoms with Crippen LogP contribution in [0.3, 0.4) is 0 Å². The molecule has 2 rings (SSSR count). The molecular weight excluding hydrogens is 426 g/mol. The van der Waals surface area contributed by atoms with Crippen molar-refractivity contribution in [3.63, 3.8) is 0 Å². The Hall–Kier alpha value is -2.41. The highest BCUT2D eigenvalue weighted by Gasteiger charge is 2.16. The molecule has 0 amide bonds. The van der Waals surface area contributed by atoms with E-state index in [9.17, 15) is 9.59 Å². The molecule has 0 unspecified atom stereocenters. The minimum Gasteiger partial charge on any atom is -0.496 e. The van der Waals surface area contributed by atoms with Gasteiger partial charge in [-0.3, -0.25) is 0 Å². The van der Waals surface area contributed by atoms with Crippen molar-refractivity contribution in [1.29, 1.82) is 0 Å². The normalized spacial score (nSPS) is 10.8. The summed E-state index contributed by atoms with van der Waals surface area (Å²) in [7, 11) is 1.64. The maximum Gasteiger partial charge on any atom is 0.338 e. The molecule has 0 aliphatic rings. The van der Waals surface area contributed by atoms with Gasteiger partial charge in [-0.05, 0) is 55.7 Å². The molecule has 7 heteroatoms. The van der Waals surface area contributed by atoms with E-state index in [1.165, 1.54) is 6.08 Å². The summed E-state index contributed by atoms with van der Waals surface area (Å²) in [5, 5.41) is 0.859. The topological polar surface area (TPSA) is 69.0 Å². The Balaban J connectivity index is 1.88. The Bertz CT molecular complexity index is 911. The standard InChI is InChI=1S/C25H35NO5S/c1-4-6-14-26(15-7-9-17-32-18-10-8-16-30-23(27)5-2)20-19-24(28)31-22-13-11-12-21(29-3)25(20)22/h5,11-13,19H,2,4,6-10,14-18H2,1,3H3. The Labute approximate surface area is 195 Å². The highest BCUT2D eigenvalue weighted by atomic mass is 32.2. The van der Waals surface area contributed by atoms with Gasteiger partial charge in [0.25, 0.3) is 0 Å². The molecule has 2 aromatic rings. The third-order valence-electron chi connectivity index (χ3n) is 5.11. The Morgan fingerprint density at radius 1 is 1.16 bits per heavy atom.